The minimum absolute atomic E-state index is 0.00742. The molecule has 1 N–H and O–H groups in total. The lowest BCUT2D eigenvalue weighted by Gasteiger charge is -2.36. The largest absolute Gasteiger partial charge is 0.497 e. The first-order valence-corrected chi connectivity index (χ1v) is 13.5. The summed E-state index contributed by atoms with van der Waals surface area (Å²) >= 11 is 1.47. The Morgan fingerprint density at radius 2 is 2.03 bits per heavy atom. The number of allylic oxidation sites excluding steroid dienone is 1. The standard InChI is InChI=1S/C29H31N3O4S/c1-4-36-28(34)26-18(2)30-29-32(27(26)20-11-7-12-22(15-20)35-3)21(17-37-29)16-25(33)31-24-14-8-10-19-9-5-6-13-23(19)24/h5-7,9,11-13,15,17,24,27H,4,8,10,14,16H2,1-3H3,(H,31,33)/t24-,27-/m1/s1. The highest BCUT2D eigenvalue weighted by Gasteiger charge is 2.41. The Morgan fingerprint density at radius 1 is 1.19 bits per heavy atom. The monoisotopic (exact) mass is 517 g/mol. The third kappa shape index (κ3) is 5.03. The van der Waals surface area contributed by atoms with Crippen LogP contribution in [0.3, 0.4) is 0 Å². The zero-order valence-corrected chi connectivity index (χ0v) is 22.1. The molecule has 0 saturated carbocycles. The van der Waals surface area contributed by atoms with Crippen molar-refractivity contribution in [2.75, 3.05) is 13.7 Å². The van der Waals surface area contributed by atoms with E-state index in [0.29, 0.717) is 17.0 Å². The van der Waals surface area contributed by atoms with E-state index in [9.17, 15) is 9.59 Å². The lowest BCUT2D eigenvalue weighted by molar-refractivity contribution is -0.139. The molecule has 0 spiro atoms. The summed E-state index contributed by atoms with van der Waals surface area (Å²) in [5.74, 6) is 0.229. The number of thioether (sulfide) groups is 1. The number of methoxy groups -OCH3 is 1. The minimum atomic E-state index is -0.480. The lowest BCUT2D eigenvalue weighted by Crippen LogP contribution is -2.38. The summed E-state index contributed by atoms with van der Waals surface area (Å²) in [6, 6.07) is 15.5. The van der Waals surface area contributed by atoms with Gasteiger partial charge in [-0.1, -0.05) is 48.2 Å². The first-order valence-electron chi connectivity index (χ1n) is 12.6. The van der Waals surface area contributed by atoms with Gasteiger partial charge in [0.15, 0.2) is 5.17 Å². The van der Waals surface area contributed by atoms with Crippen molar-refractivity contribution in [1.29, 1.82) is 0 Å². The number of fused-ring (bicyclic) bond motifs is 2. The van der Waals surface area contributed by atoms with Crippen LogP contribution in [-0.2, 0) is 20.7 Å². The summed E-state index contributed by atoms with van der Waals surface area (Å²) in [5, 5.41) is 5.95. The van der Waals surface area contributed by atoms with Gasteiger partial charge in [0, 0.05) is 5.70 Å². The van der Waals surface area contributed by atoms with Crippen LogP contribution in [0.5, 0.6) is 5.75 Å². The molecule has 0 unspecified atom stereocenters. The zero-order valence-electron chi connectivity index (χ0n) is 21.3. The number of aryl methyl sites for hydroxylation is 1. The molecule has 0 bridgehead atoms. The van der Waals surface area contributed by atoms with E-state index in [2.05, 4.69) is 23.5 Å². The zero-order chi connectivity index (χ0) is 25.9. The van der Waals surface area contributed by atoms with Gasteiger partial charge in [-0.15, -0.1) is 0 Å². The Bertz CT molecular complexity index is 1320. The van der Waals surface area contributed by atoms with E-state index < -0.39 is 12.0 Å². The van der Waals surface area contributed by atoms with Gasteiger partial charge in [-0.3, -0.25) is 4.79 Å². The maximum absolute atomic E-state index is 13.3. The van der Waals surface area contributed by atoms with Gasteiger partial charge < -0.3 is 19.7 Å². The molecule has 2 atom stereocenters. The predicted octanol–water partition coefficient (Wildman–Crippen LogP) is 5.42. The van der Waals surface area contributed by atoms with E-state index in [1.165, 1.54) is 22.9 Å². The molecule has 3 aliphatic rings. The Morgan fingerprint density at radius 3 is 2.84 bits per heavy atom. The van der Waals surface area contributed by atoms with Gasteiger partial charge in [-0.25, -0.2) is 9.79 Å². The first-order chi connectivity index (χ1) is 18.0. The molecule has 8 heteroatoms. The molecule has 192 valence electrons. The van der Waals surface area contributed by atoms with E-state index >= 15 is 0 Å². The number of amides is 1. The van der Waals surface area contributed by atoms with Crippen molar-refractivity contribution in [2.45, 2.75) is 51.6 Å². The number of hydrogen-bond acceptors (Lipinski definition) is 7. The molecule has 2 aromatic carbocycles. The van der Waals surface area contributed by atoms with Gasteiger partial charge in [0.2, 0.25) is 5.91 Å². The molecule has 5 rings (SSSR count). The molecule has 0 fully saturated rings. The smallest absolute Gasteiger partial charge is 0.338 e. The summed E-state index contributed by atoms with van der Waals surface area (Å²) < 4.78 is 10.9. The molecule has 37 heavy (non-hydrogen) atoms. The highest BCUT2D eigenvalue weighted by molar-refractivity contribution is 8.16. The number of aliphatic imine (C=N–C) groups is 1. The second kappa shape index (κ2) is 10.8. The van der Waals surface area contributed by atoms with E-state index in [0.717, 1.165) is 35.7 Å². The van der Waals surface area contributed by atoms with E-state index in [1.54, 1.807) is 14.0 Å². The number of carbonyl (C=O) groups excluding carboxylic acids is 2. The normalized spacial score (nSPS) is 20.5. The molecule has 1 aliphatic carbocycles. The van der Waals surface area contributed by atoms with Crippen LogP contribution in [0.2, 0.25) is 0 Å². The average molecular weight is 518 g/mol. The summed E-state index contributed by atoms with van der Waals surface area (Å²) in [7, 11) is 1.62. The summed E-state index contributed by atoms with van der Waals surface area (Å²) in [6.45, 7) is 3.88. The quantitative estimate of drug-likeness (QED) is 0.494. The molecule has 2 aromatic rings. The van der Waals surface area contributed by atoms with Crippen molar-refractivity contribution >= 4 is 28.8 Å². The predicted molar refractivity (Wildman–Crippen MR) is 145 cm³/mol. The van der Waals surface area contributed by atoms with Crippen LogP contribution in [0.1, 0.15) is 61.9 Å². The SMILES string of the molecule is CCOC(=O)C1=C(C)N=C2SC=C(CC(=O)N[C@@H]3CCCc4ccccc43)N2[C@@H]1c1cccc(OC)c1. The van der Waals surface area contributed by atoms with E-state index in [1.807, 2.05) is 47.6 Å². The van der Waals surface area contributed by atoms with Crippen molar-refractivity contribution in [3.63, 3.8) is 0 Å². The topological polar surface area (TPSA) is 80.2 Å². The molecule has 0 saturated heterocycles. The van der Waals surface area contributed by atoms with Gasteiger partial charge in [0.1, 0.15) is 5.75 Å². The molecule has 7 nitrogen and oxygen atoms in total. The molecular formula is C29H31N3O4S. The molecule has 0 aromatic heterocycles. The number of hydrogen-bond donors (Lipinski definition) is 1. The lowest BCUT2D eigenvalue weighted by atomic mass is 9.87. The third-order valence-electron chi connectivity index (χ3n) is 6.95. The molecule has 1 amide bonds. The first kappa shape index (κ1) is 25.1. The van der Waals surface area contributed by atoms with E-state index in [4.69, 9.17) is 14.5 Å². The second-order valence-corrected chi connectivity index (χ2v) is 10.1. The number of nitrogens with one attached hydrogen (secondary N) is 1. The van der Waals surface area contributed by atoms with E-state index in [-0.39, 0.29) is 25.0 Å². The van der Waals surface area contributed by atoms with Crippen LogP contribution >= 0.6 is 11.8 Å². The van der Waals surface area contributed by atoms with Gasteiger partial charge in [-0.05, 0) is 67.3 Å². The van der Waals surface area contributed by atoms with Crippen molar-refractivity contribution in [3.8, 4) is 5.75 Å². The fourth-order valence-corrected chi connectivity index (χ4v) is 6.24. The van der Waals surface area contributed by atoms with Crippen molar-refractivity contribution < 1.29 is 19.1 Å². The second-order valence-electron chi connectivity index (χ2n) is 9.28. The number of esters is 1. The number of benzene rings is 2. The maximum Gasteiger partial charge on any atom is 0.338 e. The van der Waals surface area contributed by atoms with Gasteiger partial charge in [0.25, 0.3) is 0 Å². The summed E-state index contributed by atoms with van der Waals surface area (Å²) in [5.41, 5.74) is 5.25. The Hall–Kier alpha value is -3.52. The molecule has 2 aliphatic heterocycles. The van der Waals surface area contributed by atoms with Crippen molar-refractivity contribution in [1.82, 2.24) is 10.2 Å². The Labute approximate surface area is 221 Å². The number of carbonyl (C=O) groups is 2. The highest BCUT2D eigenvalue weighted by atomic mass is 32.2. The number of nitrogens with zero attached hydrogens (tertiary/aromatic N) is 2. The Kier molecular flexibility index (Phi) is 7.37. The van der Waals surface area contributed by atoms with Crippen LogP contribution in [-0.4, -0.2) is 35.7 Å². The van der Waals surface area contributed by atoms with Crippen LogP contribution in [0.4, 0.5) is 0 Å². The van der Waals surface area contributed by atoms with Gasteiger partial charge in [0.05, 0.1) is 43.5 Å². The number of rotatable bonds is 7. The van der Waals surface area contributed by atoms with Crippen LogP contribution in [0.15, 0.2) is 75.9 Å². The van der Waals surface area contributed by atoms with Crippen molar-refractivity contribution in [3.05, 3.63) is 87.6 Å². The number of amidine groups is 1. The summed E-state index contributed by atoms with van der Waals surface area (Å²) in [4.78, 5) is 33.2. The Balaban J connectivity index is 1.43. The molecule has 2 heterocycles. The van der Waals surface area contributed by atoms with Crippen molar-refractivity contribution in [2.24, 2.45) is 4.99 Å². The van der Waals surface area contributed by atoms with Gasteiger partial charge in [-0.2, -0.15) is 0 Å². The fraction of sp³-hybridized carbons (Fsp3) is 0.345. The molecule has 0 radical (unpaired) electrons. The van der Waals surface area contributed by atoms with Crippen LogP contribution in [0, 0.1) is 0 Å². The summed E-state index contributed by atoms with van der Waals surface area (Å²) in [6.07, 6.45) is 3.20. The van der Waals surface area contributed by atoms with Crippen LogP contribution < -0.4 is 10.1 Å². The van der Waals surface area contributed by atoms with Crippen LogP contribution in [0.25, 0.3) is 0 Å². The third-order valence-corrected chi connectivity index (χ3v) is 7.84. The highest BCUT2D eigenvalue weighted by Crippen LogP contribution is 2.45. The number of ether oxygens (including phenoxy) is 2. The molecular weight excluding hydrogens is 486 g/mol. The van der Waals surface area contributed by atoms with Gasteiger partial charge >= 0.3 is 5.97 Å². The maximum atomic E-state index is 13.3. The average Bonchev–Trinajstić information content (AvgIpc) is 3.29. The minimum Gasteiger partial charge on any atom is -0.497 e. The fourth-order valence-electron chi connectivity index (χ4n) is 5.28.